The van der Waals surface area contributed by atoms with Gasteiger partial charge in [-0.2, -0.15) is 0 Å². The molecule has 1 aliphatic carbocycles. The maximum Gasteiger partial charge on any atom is 0.209 e. The summed E-state index contributed by atoms with van der Waals surface area (Å²) in [5.41, 5.74) is 0.593. The van der Waals surface area contributed by atoms with Gasteiger partial charge in [-0.15, -0.1) is 0 Å². The zero-order valence-electron chi connectivity index (χ0n) is 9.79. The second-order valence-electron chi connectivity index (χ2n) is 4.43. The molecule has 1 atom stereocenters. The van der Waals surface area contributed by atoms with Crippen LogP contribution >= 0.6 is 0 Å². The van der Waals surface area contributed by atoms with Gasteiger partial charge in [0.25, 0.3) is 0 Å². The molecule has 5 nitrogen and oxygen atoms in total. The third kappa shape index (κ3) is 1.62. The Morgan fingerprint density at radius 2 is 2.05 bits per heavy atom. The van der Waals surface area contributed by atoms with E-state index >= 15 is 0 Å². The predicted octanol–water partition coefficient (Wildman–Crippen LogP) is 1.93. The van der Waals surface area contributed by atoms with Gasteiger partial charge in [0.15, 0.2) is 23.0 Å². The Labute approximate surface area is 108 Å². The lowest BCUT2D eigenvalue weighted by molar-refractivity contribution is 0.0803. The third-order valence-electron chi connectivity index (χ3n) is 3.31. The second-order valence-corrected chi connectivity index (χ2v) is 4.43. The standard InChI is InChI=1S/C14H10O5/c15-9-4-3-7-6-8(13(17)11(7)14(9)18)12(16)10-2-1-5-19-10/h1-5,8,15,18H,6H2. The van der Waals surface area contributed by atoms with Crippen molar-refractivity contribution < 1.29 is 24.2 Å². The highest BCUT2D eigenvalue weighted by molar-refractivity contribution is 6.19. The van der Waals surface area contributed by atoms with Crippen LogP contribution in [0.4, 0.5) is 0 Å². The summed E-state index contributed by atoms with van der Waals surface area (Å²) >= 11 is 0. The molecule has 19 heavy (non-hydrogen) atoms. The molecule has 3 rings (SSSR count). The molecule has 0 radical (unpaired) electrons. The van der Waals surface area contributed by atoms with Gasteiger partial charge in [-0.1, -0.05) is 6.07 Å². The Morgan fingerprint density at radius 1 is 1.26 bits per heavy atom. The summed E-state index contributed by atoms with van der Waals surface area (Å²) in [5.74, 6) is -2.49. The number of hydrogen-bond acceptors (Lipinski definition) is 5. The lowest BCUT2D eigenvalue weighted by Gasteiger charge is -2.04. The van der Waals surface area contributed by atoms with E-state index in [1.54, 1.807) is 6.07 Å². The number of carbonyl (C=O) groups excluding carboxylic acids is 2. The minimum atomic E-state index is -0.895. The Balaban J connectivity index is 2.00. The van der Waals surface area contributed by atoms with Crippen LogP contribution in [0.3, 0.4) is 0 Å². The average Bonchev–Trinajstić information content (AvgIpc) is 3.01. The molecule has 0 amide bonds. The summed E-state index contributed by atoms with van der Waals surface area (Å²) in [6, 6.07) is 5.91. The van der Waals surface area contributed by atoms with Gasteiger partial charge < -0.3 is 14.6 Å². The Bertz CT molecular complexity index is 669. The molecule has 2 aromatic rings. The van der Waals surface area contributed by atoms with Crippen molar-refractivity contribution in [2.24, 2.45) is 5.92 Å². The monoisotopic (exact) mass is 258 g/mol. The van der Waals surface area contributed by atoms with Crippen LogP contribution in [0.15, 0.2) is 34.9 Å². The number of phenols is 2. The van der Waals surface area contributed by atoms with Crippen molar-refractivity contribution in [3.05, 3.63) is 47.4 Å². The van der Waals surface area contributed by atoms with E-state index in [2.05, 4.69) is 0 Å². The maximum atomic E-state index is 12.2. The van der Waals surface area contributed by atoms with Crippen molar-refractivity contribution in [2.45, 2.75) is 6.42 Å². The van der Waals surface area contributed by atoms with Gasteiger partial charge in [0.2, 0.25) is 5.78 Å². The number of ketones is 2. The number of carbonyl (C=O) groups is 2. The molecule has 1 aromatic carbocycles. The van der Waals surface area contributed by atoms with Crippen LogP contribution in [0, 0.1) is 5.92 Å². The van der Waals surface area contributed by atoms with Gasteiger partial charge >= 0.3 is 0 Å². The SMILES string of the molecule is O=C(c1ccco1)C1Cc2ccc(O)c(O)c2C1=O. The van der Waals surface area contributed by atoms with Gasteiger partial charge in [0.1, 0.15) is 0 Å². The normalized spacial score (nSPS) is 17.5. The lowest BCUT2D eigenvalue weighted by Crippen LogP contribution is -2.20. The summed E-state index contributed by atoms with van der Waals surface area (Å²) in [5, 5.41) is 19.1. The number of phenolic OH excluding ortho intramolecular Hbond substituents is 2. The molecule has 1 aliphatic rings. The minimum Gasteiger partial charge on any atom is -0.504 e. The van der Waals surface area contributed by atoms with Crippen LogP contribution in [0.2, 0.25) is 0 Å². The molecule has 0 saturated carbocycles. The van der Waals surface area contributed by atoms with Gasteiger partial charge in [-0.25, -0.2) is 0 Å². The van der Waals surface area contributed by atoms with E-state index in [0.717, 1.165) is 0 Å². The van der Waals surface area contributed by atoms with E-state index in [1.165, 1.54) is 24.5 Å². The van der Waals surface area contributed by atoms with Crippen molar-refractivity contribution in [2.75, 3.05) is 0 Å². The number of aromatic hydroxyl groups is 2. The van der Waals surface area contributed by atoms with Gasteiger partial charge in [-0.3, -0.25) is 9.59 Å². The number of benzene rings is 1. The largest absolute Gasteiger partial charge is 0.504 e. The van der Waals surface area contributed by atoms with E-state index in [1.807, 2.05) is 0 Å². The van der Waals surface area contributed by atoms with Crippen molar-refractivity contribution >= 4 is 11.6 Å². The van der Waals surface area contributed by atoms with Crippen molar-refractivity contribution in [1.82, 2.24) is 0 Å². The Hall–Kier alpha value is -2.56. The molecule has 1 heterocycles. The quantitative estimate of drug-likeness (QED) is 0.488. The number of furan rings is 1. The predicted molar refractivity (Wildman–Crippen MR) is 64.3 cm³/mol. The summed E-state index contributed by atoms with van der Waals surface area (Å²) in [4.78, 5) is 24.3. The molecule has 1 aromatic heterocycles. The highest BCUT2D eigenvalue weighted by Gasteiger charge is 2.39. The Morgan fingerprint density at radius 3 is 2.74 bits per heavy atom. The van der Waals surface area contributed by atoms with Crippen LogP contribution in [-0.4, -0.2) is 21.8 Å². The fourth-order valence-electron chi connectivity index (χ4n) is 2.36. The van der Waals surface area contributed by atoms with Crippen LogP contribution in [0.1, 0.15) is 26.5 Å². The van der Waals surface area contributed by atoms with Crippen LogP contribution in [0.25, 0.3) is 0 Å². The van der Waals surface area contributed by atoms with Gasteiger partial charge in [0.05, 0.1) is 17.7 Å². The number of rotatable bonds is 2. The van der Waals surface area contributed by atoms with E-state index in [0.29, 0.717) is 5.56 Å². The zero-order chi connectivity index (χ0) is 13.6. The molecule has 0 aliphatic heterocycles. The highest BCUT2D eigenvalue weighted by Crippen LogP contribution is 2.39. The molecular weight excluding hydrogens is 248 g/mol. The van der Waals surface area contributed by atoms with E-state index in [9.17, 15) is 19.8 Å². The fourth-order valence-corrected chi connectivity index (χ4v) is 2.36. The highest BCUT2D eigenvalue weighted by atomic mass is 16.3. The second kappa shape index (κ2) is 3.98. The van der Waals surface area contributed by atoms with Gasteiger partial charge in [0, 0.05) is 0 Å². The average molecular weight is 258 g/mol. The number of Topliss-reactive ketones (excluding diaryl/α,β-unsaturated/α-hetero) is 2. The molecule has 2 N–H and O–H groups in total. The van der Waals surface area contributed by atoms with Crippen molar-refractivity contribution in [3.8, 4) is 11.5 Å². The molecule has 0 bridgehead atoms. The van der Waals surface area contributed by atoms with Crippen molar-refractivity contribution in [3.63, 3.8) is 0 Å². The van der Waals surface area contributed by atoms with Crippen LogP contribution in [0.5, 0.6) is 11.5 Å². The summed E-state index contributed by atoms with van der Waals surface area (Å²) < 4.78 is 5.00. The minimum absolute atomic E-state index is 0.0323. The Kier molecular flexibility index (Phi) is 2.41. The first-order valence-electron chi connectivity index (χ1n) is 5.75. The molecule has 5 heteroatoms. The summed E-state index contributed by atoms with van der Waals surface area (Å²) in [6.07, 6.45) is 1.57. The van der Waals surface area contributed by atoms with Gasteiger partial charge in [-0.05, 0) is 30.2 Å². The fraction of sp³-hybridized carbons (Fsp3) is 0.143. The maximum absolute atomic E-state index is 12.2. The third-order valence-corrected chi connectivity index (χ3v) is 3.31. The molecule has 0 fully saturated rings. The van der Waals surface area contributed by atoms with Crippen LogP contribution in [-0.2, 0) is 6.42 Å². The van der Waals surface area contributed by atoms with Crippen LogP contribution < -0.4 is 0 Å². The molecule has 96 valence electrons. The lowest BCUT2D eigenvalue weighted by atomic mass is 9.98. The first-order chi connectivity index (χ1) is 9.09. The smallest absolute Gasteiger partial charge is 0.209 e. The topological polar surface area (TPSA) is 87.7 Å². The van der Waals surface area contributed by atoms with Crippen molar-refractivity contribution in [1.29, 1.82) is 0 Å². The zero-order valence-corrected chi connectivity index (χ0v) is 9.79. The summed E-state index contributed by atoms with van der Waals surface area (Å²) in [6.45, 7) is 0. The van der Waals surface area contributed by atoms with E-state index < -0.39 is 23.2 Å². The molecule has 0 spiro atoms. The first-order valence-corrected chi connectivity index (χ1v) is 5.75. The first kappa shape index (κ1) is 11.5. The number of hydrogen-bond donors (Lipinski definition) is 2. The summed E-state index contributed by atoms with van der Waals surface area (Å²) in [7, 11) is 0. The molecule has 0 saturated heterocycles. The van der Waals surface area contributed by atoms with E-state index in [4.69, 9.17) is 4.42 Å². The van der Waals surface area contributed by atoms with E-state index in [-0.39, 0.29) is 23.5 Å². The number of fused-ring (bicyclic) bond motifs is 1. The molecular formula is C14H10O5. The molecule has 1 unspecified atom stereocenters.